The normalized spacial score (nSPS) is 20.8. The highest BCUT2D eigenvalue weighted by Gasteiger charge is 2.04. The zero-order valence-electron chi connectivity index (χ0n) is 4.76. The Labute approximate surface area is 51.0 Å². The summed E-state index contributed by atoms with van der Waals surface area (Å²) in [4.78, 5) is 11.9. The minimum atomic E-state index is 0.948. The molecule has 0 radical (unpaired) electrons. The highest BCUT2D eigenvalue weighted by molar-refractivity contribution is 7.38. The molecule has 8 heavy (non-hydrogen) atoms. The third kappa shape index (κ3) is 1.45. The Morgan fingerprint density at radius 1 is 1.38 bits per heavy atom. The van der Waals surface area contributed by atoms with Crippen LogP contribution >= 0.6 is 8.58 Å². The fourth-order valence-corrected chi connectivity index (χ4v) is 1.93. The maximum Gasteiger partial charge on any atom is 0.209 e. The van der Waals surface area contributed by atoms with Gasteiger partial charge >= 0.3 is 0 Å². The molecule has 1 saturated heterocycles. The summed E-state index contributed by atoms with van der Waals surface area (Å²) in [5.74, 6) is 0. The molecule has 1 heterocycles. The van der Waals surface area contributed by atoms with Crippen LogP contribution in [0.4, 0.5) is 0 Å². The molecular formula is C5H10NOP. The molecule has 0 spiro atoms. The monoisotopic (exact) mass is 131 g/mol. The van der Waals surface area contributed by atoms with E-state index in [9.17, 15) is 4.79 Å². The SMILES string of the molecule is O=CN1CCPCC1. The summed E-state index contributed by atoms with van der Waals surface area (Å²) in [5.41, 5.74) is 0. The number of carbonyl (C=O) groups excluding carboxylic acids is 1. The van der Waals surface area contributed by atoms with Gasteiger partial charge in [-0.25, -0.2) is 0 Å². The van der Waals surface area contributed by atoms with Crippen LogP contribution in [0.25, 0.3) is 0 Å². The molecule has 0 aromatic heterocycles. The third-order valence-corrected chi connectivity index (χ3v) is 2.45. The first-order valence-electron chi connectivity index (χ1n) is 2.83. The molecular weight excluding hydrogens is 121 g/mol. The molecule has 0 N–H and O–H groups in total. The van der Waals surface area contributed by atoms with Crippen molar-refractivity contribution in [2.45, 2.75) is 0 Å². The minimum Gasteiger partial charge on any atom is -0.345 e. The highest BCUT2D eigenvalue weighted by Crippen LogP contribution is 2.13. The molecule has 0 bridgehead atoms. The Morgan fingerprint density at radius 3 is 2.38 bits per heavy atom. The first-order chi connectivity index (χ1) is 3.93. The fourth-order valence-electron chi connectivity index (χ4n) is 0.788. The zero-order valence-corrected chi connectivity index (χ0v) is 5.76. The van der Waals surface area contributed by atoms with E-state index in [1.165, 1.54) is 12.3 Å². The van der Waals surface area contributed by atoms with Gasteiger partial charge in [-0.1, -0.05) is 0 Å². The molecule has 2 nitrogen and oxygen atoms in total. The molecule has 1 rings (SSSR count). The van der Waals surface area contributed by atoms with Gasteiger partial charge in [-0.05, 0) is 12.3 Å². The van der Waals surface area contributed by atoms with Crippen LogP contribution in [0, 0.1) is 0 Å². The van der Waals surface area contributed by atoms with Crippen LogP contribution in [-0.4, -0.2) is 36.7 Å². The van der Waals surface area contributed by atoms with Gasteiger partial charge in [0.1, 0.15) is 0 Å². The van der Waals surface area contributed by atoms with Crippen LogP contribution in [0.1, 0.15) is 0 Å². The van der Waals surface area contributed by atoms with Gasteiger partial charge in [0.05, 0.1) is 0 Å². The van der Waals surface area contributed by atoms with Crippen molar-refractivity contribution in [1.29, 1.82) is 0 Å². The van der Waals surface area contributed by atoms with Crippen LogP contribution < -0.4 is 0 Å². The number of carbonyl (C=O) groups is 1. The average molecular weight is 131 g/mol. The predicted molar refractivity (Wildman–Crippen MR) is 35.7 cm³/mol. The molecule has 0 aromatic carbocycles. The van der Waals surface area contributed by atoms with Gasteiger partial charge in [0.2, 0.25) is 6.41 Å². The standard InChI is InChI=1S/C5H10NOP/c7-5-6-1-3-8-4-2-6/h5,8H,1-4H2. The predicted octanol–water partition coefficient (Wildman–Crippen LogP) is 0.137. The fraction of sp³-hybridized carbons (Fsp3) is 0.800. The Bertz CT molecular complexity index is 80.5. The first kappa shape index (κ1) is 6.03. The van der Waals surface area contributed by atoms with E-state index in [4.69, 9.17) is 0 Å². The van der Waals surface area contributed by atoms with Crippen molar-refractivity contribution in [3.05, 3.63) is 0 Å². The van der Waals surface area contributed by atoms with Gasteiger partial charge in [0.15, 0.2) is 0 Å². The summed E-state index contributed by atoms with van der Waals surface area (Å²) in [7, 11) is 1.09. The van der Waals surface area contributed by atoms with E-state index in [1.807, 2.05) is 4.90 Å². The van der Waals surface area contributed by atoms with Crippen molar-refractivity contribution in [3.8, 4) is 0 Å². The lowest BCUT2D eigenvalue weighted by Crippen LogP contribution is -2.30. The minimum absolute atomic E-state index is 0.948. The lowest BCUT2D eigenvalue weighted by Gasteiger charge is -2.21. The number of nitrogens with zero attached hydrogens (tertiary/aromatic N) is 1. The molecule has 46 valence electrons. The van der Waals surface area contributed by atoms with Gasteiger partial charge in [-0.3, -0.25) is 4.79 Å². The first-order valence-corrected chi connectivity index (χ1v) is 4.25. The average Bonchev–Trinajstić information content (AvgIpc) is 1.90. The number of hydrogen-bond acceptors (Lipinski definition) is 1. The molecule has 1 aliphatic heterocycles. The van der Waals surface area contributed by atoms with Crippen molar-refractivity contribution in [1.82, 2.24) is 4.90 Å². The van der Waals surface area contributed by atoms with Crippen LogP contribution in [-0.2, 0) is 4.79 Å². The summed E-state index contributed by atoms with van der Waals surface area (Å²) >= 11 is 0. The van der Waals surface area contributed by atoms with Gasteiger partial charge in [-0.15, -0.1) is 8.58 Å². The van der Waals surface area contributed by atoms with Crippen LogP contribution in [0.3, 0.4) is 0 Å². The molecule has 3 heteroatoms. The number of rotatable bonds is 1. The summed E-state index contributed by atoms with van der Waals surface area (Å²) in [6.07, 6.45) is 3.39. The zero-order chi connectivity index (χ0) is 5.82. The number of hydrogen-bond donors (Lipinski definition) is 0. The van der Waals surface area contributed by atoms with E-state index < -0.39 is 0 Å². The lowest BCUT2D eigenvalue weighted by atomic mass is 10.5. The largest absolute Gasteiger partial charge is 0.345 e. The molecule has 0 unspecified atom stereocenters. The summed E-state index contributed by atoms with van der Waals surface area (Å²) in [6, 6.07) is 0. The van der Waals surface area contributed by atoms with E-state index >= 15 is 0 Å². The Morgan fingerprint density at radius 2 is 2.00 bits per heavy atom. The Kier molecular flexibility index (Phi) is 2.28. The molecule has 0 aromatic rings. The van der Waals surface area contributed by atoms with Crippen molar-refractivity contribution in [2.75, 3.05) is 25.4 Å². The molecule has 1 fully saturated rings. The highest BCUT2D eigenvalue weighted by atomic mass is 31.1. The quantitative estimate of drug-likeness (QED) is 0.366. The van der Waals surface area contributed by atoms with Crippen LogP contribution in [0.15, 0.2) is 0 Å². The Balaban J connectivity index is 2.22. The van der Waals surface area contributed by atoms with E-state index in [0.29, 0.717) is 0 Å². The maximum absolute atomic E-state index is 10.1. The molecule has 1 amide bonds. The lowest BCUT2D eigenvalue weighted by molar-refractivity contribution is -0.117. The smallest absolute Gasteiger partial charge is 0.209 e. The second kappa shape index (κ2) is 3.03. The van der Waals surface area contributed by atoms with Crippen LogP contribution in [0.5, 0.6) is 0 Å². The van der Waals surface area contributed by atoms with E-state index in [2.05, 4.69) is 0 Å². The topological polar surface area (TPSA) is 20.3 Å². The molecule has 0 aliphatic carbocycles. The van der Waals surface area contributed by atoms with E-state index in [1.54, 1.807) is 0 Å². The second-order valence-electron chi connectivity index (χ2n) is 1.89. The molecule has 0 saturated carbocycles. The Hall–Kier alpha value is -0.100. The van der Waals surface area contributed by atoms with Crippen molar-refractivity contribution >= 4 is 15.0 Å². The molecule has 1 aliphatic rings. The maximum atomic E-state index is 10.1. The third-order valence-electron chi connectivity index (χ3n) is 1.30. The van der Waals surface area contributed by atoms with Crippen molar-refractivity contribution in [3.63, 3.8) is 0 Å². The van der Waals surface area contributed by atoms with Crippen molar-refractivity contribution in [2.24, 2.45) is 0 Å². The van der Waals surface area contributed by atoms with Gasteiger partial charge in [-0.2, -0.15) is 0 Å². The summed E-state index contributed by atoms with van der Waals surface area (Å²) in [6.45, 7) is 1.98. The van der Waals surface area contributed by atoms with Gasteiger partial charge < -0.3 is 4.90 Å². The van der Waals surface area contributed by atoms with Crippen LogP contribution in [0.2, 0.25) is 0 Å². The summed E-state index contributed by atoms with van der Waals surface area (Å²) in [5, 5.41) is 0. The van der Waals surface area contributed by atoms with E-state index in [0.717, 1.165) is 28.1 Å². The molecule has 0 atom stereocenters. The summed E-state index contributed by atoms with van der Waals surface area (Å²) < 4.78 is 0. The van der Waals surface area contributed by atoms with Gasteiger partial charge in [0, 0.05) is 13.1 Å². The van der Waals surface area contributed by atoms with Gasteiger partial charge in [0.25, 0.3) is 0 Å². The number of amides is 1. The van der Waals surface area contributed by atoms with Crippen molar-refractivity contribution < 1.29 is 4.79 Å². The second-order valence-corrected chi connectivity index (χ2v) is 3.39. The van der Waals surface area contributed by atoms with E-state index in [-0.39, 0.29) is 0 Å².